The van der Waals surface area contributed by atoms with Gasteiger partial charge >= 0.3 is 30.0 Å². The molecule has 2 aliphatic heterocycles. The molecule has 32 heteroatoms. The van der Waals surface area contributed by atoms with Gasteiger partial charge in [-0.1, -0.05) is 52.2 Å². The number of aromatic nitrogens is 13. The Kier molecular flexibility index (Phi) is 21.9. The molecule has 0 aliphatic carbocycles. The van der Waals surface area contributed by atoms with Gasteiger partial charge in [-0.25, -0.2) is 64.2 Å². The maximum atomic E-state index is 12.4. The van der Waals surface area contributed by atoms with E-state index in [2.05, 4.69) is 108 Å². The molecule has 0 saturated carbocycles. The van der Waals surface area contributed by atoms with Crippen molar-refractivity contribution in [3.63, 3.8) is 0 Å². The number of nitrogens with zero attached hydrogens (tertiary/aromatic N) is 15. The number of carbonyl (C=O) groups excluding carboxylic acids is 4. The number of urea groups is 3. The number of hydrogen-bond acceptors (Lipinski definition) is 24. The Bertz CT molecular complexity index is 4630. The van der Waals surface area contributed by atoms with Gasteiger partial charge in [0.05, 0.1) is 76.6 Å². The topological polar surface area (TPSA) is 361 Å². The normalized spacial score (nSPS) is 13.9. The molecule has 2 aliphatic rings. The molecule has 0 bridgehead atoms. The summed E-state index contributed by atoms with van der Waals surface area (Å²) in [4.78, 5) is 123. The van der Waals surface area contributed by atoms with Gasteiger partial charge in [0.1, 0.15) is 21.7 Å². The van der Waals surface area contributed by atoms with E-state index in [1.807, 2.05) is 112 Å². The zero-order valence-electron chi connectivity index (χ0n) is 54.2. The van der Waals surface area contributed by atoms with E-state index in [0.29, 0.717) is 161 Å². The Labute approximate surface area is 582 Å². The van der Waals surface area contributed by atoms with Gasteiger partial charge < -0.3 is 35.6 Å². The van der Waals surface area contributed by atoms with Gasteiger partial charge in [-0.15, -0.1) is 0 Å². The number of ether oxygens (including phenoxy) is 1. The van der Waals surface area contributed by atoms with Crippen molar-refractivity contribution in [2.75, 3.05) is 78.2 Å². The van der Waals surface area contributed by atoms with E-state index in [9.17, 15) is 29.1 Å². The highest BCUT2D eigenvalue weighted by molar-refractivity contribution is 9.10. The van der Waals surface area contributed by atoms with Crippen LogP contribution in [-0.4, -0.2) is 152 Å². The lowest BCUT2D eigenvalue weighted by atomic mass is 9.80. The van der Waals surface area contributed by atoms with Gasteiger partial charge in [-0.2, -0.15) is 0 Å². The minimum Gasteiger partial charge on any atom is -0.481 e. The summed E-state index contributed by atoms with van der Waals surface area (Å²) in [7, 11) is 0. The van der Waals surface area contributed by atoms with Gasteiger partial charge in [0, 0.05) is 100 Å². The van der Waals surface area contributed by atoms with Gasteiger partial charge in [0.25, 0.3) is 0 Å². The fraction of sp³-hybridized carbons (Fsp3) is 0.303. The molecule has 6 amide bonds. The number of esters is 1. The largest absolute Gasteiger partial charge is 0.481 e. The number of fused-ring (bicyclic) bond motifs is 3. The molecule has 0 spiro atoms. The number of carbonyl (C=O) groups is 5. The number of pyridine rings is 6. The Morgan fingerprint density at radius 2 is 0.847 bits per heavy atom. The molecule has 2 fully saturated rings. The third-order valence-electron chi connectivity index (χ3n) is 15.9. The molecule has 2 saturated heterocycles. The number of aliphatic carboxylic acids is 1. The second-order valence-corrected chi connectivity index (χ2v) is 26.7. The van der Waals surface area contributed by atoms with E-state index >= 15 is 0 Å². The highest BCUT2D eigenvalue weighted by Crippen LogP contribution is 2.40. The van der Waals surface area contributed by atoms with Crippen LogP contribution in [0.25, 0.3) is 87.3 Å². The monoisotopic (exact) mass is 1440 g/mol. The number of nitrogens with one attached hydrogen (secondary N) is 6. The number of rotatable bonds is 16. The number of piperidine rings is 2. The van der Waals surface area contributed by atoms with E-state index in [-0.39, 0.29) is 24.1 Å². The minimum atomic E-state index is -0.764. The fourth-order valence-electron chi connectivity index (χ4n) is 10.5. The van der Waals surface area contributed by atoms with Crippen molar-refractivity contribution < 1.29 is 33.8 Å². The smallest absolute Gasteiger partial charge is 0.321 e. The standard InChI is InChI=1S/C27H30N8O3S.C25H26N8O3S.C14H12BrN5OS/c1-4-28-25(37)34-26-33-20-14-19(32-21(22(20)39-26)18-8-6-7-11-29-18)17-15-30-24(31-16-17)35-12-9-27(3,10-13-35)23(36)38-5-2;1-3-26-23(36)32-24-31-18-12-17(30-19(20(18)37-24)16-6-4-5-9-27-16)15-13-28-22(29-14-15)33-10-7-25(2,8-11-33)21(34)35;1-2-16-13(21)20-14-18-9-7-10(15)19-11(12(9)22-14)8-5-3-4-6-17-8/h6-8,11,14-16H,4-5,9-10,12-13H2,1-3H3,(H2,28,33,34,37);4-6,9,12-14H,3,7-8,10-11H2,1-2H3,(H,34,35)(H2,26,31,32,36);3-7H,2H2,1H3,(H2,16,18,20,21). The van der Waals surface area contributed by atoms with Crippen LogP contribution in [0.5, 0.6) is 0 Å². The molecule has 13 rings (SSSR count). The highest BCUT2D eigenvalue weighted by atomic mass is 79.9. The lowest BCUT2D eigenvalue weighted by molar-refractivity contribution is -0.155. The van der Waals surface area contributed by atoms with Gasteiger partial charge in [0.2, 0.25) is 11.9 Å². The first kappa shape index (κ1) is 68.9. The molecule has 0 atom stereocenters. The van der Waals surface area contributed by atoms with E-state index < -0.39 is 16.8 Å². The van der Waals surface area contributed by atoms with Crippen LogP contribution in [-0.2, 0) is 14.3 Å². The number of amides is 6. The number of hydrogen-bond donors (Lipinski definition) is 7. The summed E-state index contributed by atoms with van der Waals surface area (Å²) in [5.41, 5.74) is 7.89. The summed E-state index contributed by atoms with van der Waals surface area (Å²) in [6.07, 6.45) is 14.5. The second kappa shape index (κ2) is 31.2. The SMILES string of the molecule is CCNC(=O)Nc1nc2cc(-c3cnc(N4CCC(C)(C(=O)O)CC4)nc3)nc(-c3ccccn3)c2s1.CCNC(=O)Nc1nc2cc(-c3cnc(N4CCC(C)(C(=O)OCC)CC4)nc3)nc(-c3ccccn3)c2s1.CCNC(=O)Nc1nc2cc(Br)nc(-c3ccccn3)c2s1. The molecular formula is C66H68BrN21O7S3. The van der Waals surface area contributed by atoms with E-state index in [1.54, 1.807) is 50.3 Å². The molecular weight excluding hydrogens is 1370 g/mol. The average molecular weight is 1440 g/mol. The van der Waals surface area contributed by atoms with Crippen molar-refractivity contribution in [2.45, 2.75) is 67.2 Å². The summed E-state index contributed by atoms with van der Waals surface area (Å²) in [6, 6.07) is 21.5. The Hall–Kier alpha value is -10.4. The number of anilines is 5. The van der Waals surface area contributed by atoms with Gasteiger partial charge in [0.15, 0.2) is 15.4 Å². The fourth-order valence-corrected chi connectivity index (χ4v) is 13.7. The third kappa shape index (κ3) is 16.3. The molecule has 7 N–H and O–H groups in total. The summed E-state index contributed by atoms with van der Waals surface area (Å²) in [5, 5.41) is 27.3. The van der Waals surface area contributed by atoms with E-state index in [4.69, 9.17) is 14.7 Å². The maximum Gasteiger partial charge on any atom is 0.321 e. The molecule has 11 aromatic rings. The van der Waals surface area contributed by atoms with Crippen LogP contribution in [0.15, 0.2) is 121 Å². The molecule has 11 aromatic heterocycles. The number of thiazole rings is 3. The first-order valence-corrected chi connectivity index (χ1v) is 34.7. The predicted octanol–water partition coefficient (Wildman–Crippen LogP) is 12.2. The Morgan fingerprint density at radius 1 is 0.490 bits per heavy atom. The van der Waals surface area contributed by atoms with Crippen molar-refractivity contribution in [3.05, 3.63) is 121 Å². The van der Waals surface area contributed by atoms with Gasteiger partial charge in [-0.05, 0) is 138 Å². The average Bonchev–Trinajstić information content (AvgIpc) is 1.59. The van der Waals surface area contributed by atoms with E-state index in [0.717, 1.165) is 36.6 Å². The molecule has 28 nitrogen and oxygen atoms in total. The highest BCUT2D eigenvalue weighted by Gasteiger charge is 2.39. The summed E-state index contributed by atoms with van der Waals surface area (Å²) in [5.74, 6) is 0.263. The first-order valence-electron chi connectivity index (χ1n) is 31.5. The number of halogens is 1. The molecule has 13 heterocycles. The van der Waals surface area contributed by atoms with Gasteiger partial charge in [-0.3, -0.25) is 40.5 Å². The third-order valence-corrected chi connectivity index (χ3v) is 19.3. The van der Waals surface area contributed by atoms with Crippen LogP contribution in [0.1, 0.15) is 67.2 Å². The zero-order valence-corrected chi connectivity index (χ0v) is 58.2. The van der Waals surface area contributed by atoms with Crippen molar-refractivity contribution in [3.8, 4) is 56.7 Å². The Morgan fingerprint density at radius 3 is 1.18 bits per heavy atom. The second-order valence-electron chi connectivity index (χ2n) is 22.9. The summed E-state index contributed by atoms with van der Waals surface area (Å²) >= 11 is 7.45. The number of carboxylic acids is 1. The van der Waals surface area contributed by atoms with Crippen molar-refractivity contribution in [1.82, 2.24) is 80.7 Å². The van der Waals surface area contributed by atoms with Crippen LogP contribution in [0.2, 0.25) is 0 Å². The zero-order chi connectivity index (χ0) is 68.9. The lowest BCUT2D eigenvalue weighted by Gasteiger charge is -2.37. The van der Waals surface area contributed by atoms with Crippen molar-refractivity contribution in [1.29, 1.82) is 0 Å². The minimum absolute atomic E-state index is 0.141. The molecule has 0 radical (unpaired) electrons. The van der Waals surface area contributed by atoms with Crippen LogP contribution in [0.4, 0.5) is 41.7 Å². The quantitative estimate of drug-likeness (QED) is 0.0349. The Balaban J connectivity index is 0.000000155. The molecule has 504 valence electrons. The van der Waals surface area contributed by atoms with E-state index in [1.165, 1.54) is 34.0 Å². The summed E-state index contributed by atoms with van der Waals surface area (Å²) < 4.78 is 8.45. The van der Waals surface area contributed by atoms with Crippen LogP contribution >= 0.6 is 49.9 Å². The lowest BCUT2D eigenvalue weighted by Crippen LogP contribution is -2.44. The molecule has 98 heavy (non-hydrogen) atoms. The van der Waals surface area contributed by atoms with Crippen LogP contribution < -0.4 is 41.7 Å². The van der Waals surface area contributed by atoms with Crippen molar-refractivity contribution in [2.24, 2.45) is 10.8 Å². The predicted molar refractivity (Wildman–Crippen MR) is 383 cm³/mol. The first-order chi connectivity index (χ1) is 47.4. The molecule has 0 unspecified atom stereocenters. The van der Waals surface area contributed by atoms with Crippen LogP contribution in [0.3, 0.4) is 0 Å². The number of carboxylic acid groups (broad SMARTS) is 1. The molecule has 0 aromatic carbocycles. The van der Waals surface area contributed by atoms with Crippen LogP contribution in [0, 0.1) is 10.8 Å². The van der Waals surface area contributed by atoms with Crippen molar-refractivity contribution >= 4 is 138 Å². The maximum absolute atomic E-state index is 12.4. The summed E-state index contributed by atoms with van der Waals surface area (Å²) in [6.45, 7) is 15.6.